The van der Waals surface area contributed by atoms with Crippen LogP contribution in [0, 0.1) is 11.6 Å². The number of para-hydroxylation sites is 1. The first-order valence-electron chi connectivity index (χ1n) is 9.28. The van der Waals surface area contributed by atoms with Crippen molar-refractivity contribution in [3.05, 3.63) is 65.5 Å². The molecule has 1 fully saturated rings. The number of benzene rings is 2. The number of rotatable bonds is 4. The normalized spacial score (nSPS) is 16.7. The Kier molecular flexibility index (Phi) is 5.24. The highest BCUT2D eigenvalue weighted by Crippen LogP contribution is 2.31. The minimum atomic E-state index is -1.04. The second-order valence-corrected chi connectivity index (χ2v) is 6.88. The van der Waals surface area contributed by atoms with E-state index in [2.05, 4.69) is 10.1 Å². The third-order valence-electron chi connectivity index (χ3n) is 5.02. The van der Waals surface area contributed by atoms with Crippen LogP contribution in [0.5, 0.6) is 5.75 Å². The highest BCUT2D eigenvalue weighted by Gasteiger charge is 2.29. The van der Waals surface area contributed by atoms with Gasteiger partial charge >= 0.3 is 0 Å². The Hall–Kier alpha value is -3.29. The average molecular weight is 399 g/mol. The summed E-state index contributed by atoms with van der Waals surface area (Å²) >= 11 is 0. The van der Waals surface area contributed by atoms with Gasteiger partial charge in [-0.2, -0.15) is 4.98 Å². The number of aromatic nitrogens is 2. The molecule has 1 aliphatic heterocycles. The van der Waals surface area contributed by atoms with E-state index in [1.165, 1.54) is 6.07 Å². The maximum Gasteiger partial charge on any atom is 0.261 e. The minimum absolute atomic E-state index is 0.106. The molecule has 4 rings (SSSR count). The van der Waals surface area contributed by atoms with E-state index < -0.39 is 11.6 Å². The lowest BCUT2D eigenvalue weighted by atomic mass is 9.96. The molecule has 1 amide bonds. The van der Waals surface area contributed by atoms with Crippen molar-refractivity contribution >= 4 is 5.91 Å². The molecule has 1 saturated heterocycles. The lowest BCUT2D eigenvalue weighted by Gasteiger charge is -2.31. The van der Waals surface area contributed by atoms with Gasteiger partial charge in [0.25, 0.3) is 11.8 Å². The van der Waals surface area contributed by atoms with Gasteiger partial charge in [-0.15, -0.1) is 0 Å². The van der Waals surface area contributed by atoms with Crippen molar-refractivity contribution < 1.29 is 22.8 Å². The molecule has 0 radical (unpaired) electrons. The summed E-state index contributed by atoms with van der Waals surface area (Å²) in [6.45, 7) is 0.911. The number of likely N-dealkylation sites (tertiary alicyclic amines) is 1. The molecule has 2 heterocycles. The molecular formula is C21H19F2N3O3. The van der Waals surface area contributed by atoms with Gasteiger partial charge in [0, 0.05) is 24.6 Å². The fraction of sp³-hybridized carbons (Fsp3) is 0.286. The predicted molar refractivity (Wildman–Crippen MR) is 101 cm³/mol. The third kappa shape index (κ3) is 3.83. The summed E-state index contributed by atoms with van der Waals surface area (Å²) in [7, 11) is 1.57. The van der Waals surface area contributed by atoms with Crippen molar-refractivity contribution in [3.63, 3.8) is 0 Å². The summed E-state index contributed by atoms with van der Waals surface area (Å²) in [5.41, 5.74) is 0.812. The Bertz CT molecular complexity index is 1040. The smallest absolute Gasteiger partial charge is 0.261 e. The quantitative estimate of drug-likeness (QED) is 0.662. The molecular weight excluding hydrogens is 380 g/mol. The number of piperidine rings is 1. The van der Waals surface area contributed by atoms with Crippen molar-refractivity contribution in [2.75, 3.05) is 20.2 Å². The largest absolute Gasteiger partial charge is 0.496 e. The topological polar surface area (TPSA) is 68.5 Å². The molecule has 0 N–H and O–H groups in total. The fourth-order valence-corrected chi connectivity index (χ4v) is 3.52. The van der Waals surface area contributed by atoms with Crippen molar-refractivity contribution in [2.45, 2.75) is 18.8 Å². The Labute approximate surface area is 166 Å². The zero-order valence-electron chi connectivity index (χ0n) is 15.8. The van der Waals surface area contributed by atoms with Crippen LogP contribution in [-0.2, 0) is 0 Å². The van der Waals surface area contributed by atoms with Crippen LogP contribution in [0.3, 0.4) is 0 Å². The molecule has 1 atom stereocenters. The number of carbonyl (C=O) groups is 1. The minimum Gasteiger partial charge on any atom is -0.496 e. The Morgan fingerprint density at radius 3 is 2.83 bits per heavy atom. The monoisotopic (exact) mass is 399 g/mol. The Balaban J connectivity index is 1.52. The second kappa shape index (κ2) is 7.98. The van der Waals surface area contributed by atoms with Gasteiger partial charge in [-0.1, -0.05) is 17.3 Å². The SMILES string of the molecule is COc1ccccc1-c1nc([C@H]2CCCN(C(=O)c3ccc(F)c(F)c3)C2)no1. The van der Waals surface area contributed by atoms with Gasteiger partial charge in [-0.25, -0.2) is 8.78 Å². The highest BCUT2D eigenvalue weighted by molar-refractivity contribution is 5.94. The molecule has 2 aromatic carbocycles. The van der Waals surface area contributed by atoms with Gasteiger partial charge in [0.2, 0.25) is 0 Å². The summed E-state index contributed by atoms with van der Waals surface area (Å²) in [4.78, 5) is 18.8. The Morgan fingerprint density at radius 2 is 2.03 bits per heavy atom. The molecule has 6 nitrogen and oxygen atoms in total. The molecule has 8 heteroatoms. The average Bonchev–Trinajstić information content (AvgIpc) is 3.25. The number of amides is 1. The molecule has 1 aliphatic rings. The number of hydrogen-bond donors (Lipinski definition) is 0. The standard InChI is InChI=1S/C21H19F2N3O3/c1-28-18-7-3-2-6-15(18)20-24-19(25-29-20)14-5-4-10-26(12-14)21(27)13-8-9-16(22)17(23)11-13/h2-3,6-9,11,14H,4-5,10,12H2,1H3/t14-/m0/s1. The number of ether oxygens (including phenoxy) is 1. The maximum atomic E-state index is 13.5. The van der Waals surface area contributed by atoms with E-state index in [1.54, 1.807) is 12.0 Å². The van der Waals surface area contributed by atoms with Gasteiger partial charge in [0.15, 0.2) is 17.5 Å². The van der Waals surface area contributed by atoms with Crippen LogP contribution in [-0.4, -0.2) is 41.1 Å². The summed E-state index contributed by atoms with van der Waals surface area (Å²) < 4.78 is 37.4. The molecule has 0 unspecified atom stereocenters. The molecule has 0 saturated carbocycles. The van der Waals surface area contributed by atoms with Crippen LogP contribution in [0.15, 0.2) is 47.0 Å². The summed E-state index contributed by atoms with van der Waals surface area (Å²) in [6, 6.07) is 10.5. The van der Waals surface area contributed by atoms with E-state index in [1.807, 2.05) is 24.3 Å². The van der Waals surface area contributed by atoms with Crippen LogP contribution in [0.1, 0.15) is 34.9 Å². The van der Waals surface area contributed by atoms with Crippen molar-refractivity contribution in [2.24, 2.45) is 0 Å². The number of methoxy groups -OCH3 is 1. The summed E-state index contributed by atoms with van der Waals surface area (Å²) in [5, 5.41) is 4.09. The zero-order chi connectivity index (χ0) is 20.4. The summed E-state index contributed by atoms with van der Waals surface area (Å²) in [5.74, 6) is -0.985. The van der Waals surface area contributed by atoms with Crippen LogP contribution < -0.4 is 4.74 Å². The molecule has 0 aliphatic carbocycles. The van der Waals surface area contributed by atoms with Crippen LogP contribution in [0.4, 0.5) is 8.78 Å². The molecule has 0 spiro atoms. The number of nitrogens with zero attached hydrogens (tertiary/aromatic N) is 3. The van der Waals surface area contributed by atoms with E-state index in [-0.39, 0.29) is 17.4 Å². The Morgan fingerprint density at radius 1 is 1.21 bits per heavy atom. The molecule has 3 aromatic rings. The second-order valence-electron chi connectivity index (χ2n) is 6.88. The van der Waals surface area contributed by atoms with Crippen LogP contribution in [0.2, 0.25) is 0 Å². The van der Waals surface area contributed by atoms with Gasteiger partial charge in [-0.05, 0) is 43.2 Å². The lowest BCUT2D eigenvalue weighted by molar-refractivity contribution is 0.0703. The first-order chi connectivity index (χ1) is 14.1. The van der Waals surface area contributed by atoms with Crippen molar-refractivity contribution in [1.82, 2.24) is 15.0 Å². The van der Waals surface area contributed by atoms with Crippen molar-refractivity contribution in [1.29, 1.82) is 0 Å². The van der Waals surface area contributed by atoms with Crippen LogP contribution in [0.25, 0.3) is 11.5 Å². The number of hydrogen-bond acceptors (Lipinski definition) is 5. The van der Waals surface area contributed by atoms with Crippen molar-refractivity contribution in [3.8, 4) is 17.2 Å². The molecule has 0 bridgehead atoms. The van der Waals surface area contributed by atoms with Crippen LogP contribution >= 0.6 is 0 Å². The predicted octanol–water partition coefficient (Wildman–Crippen LogP) is 4.04. The van der Waals surface area contributed by atoms with Gasteiger partial charge in [-0.3, -0.25) is 4.79 Å². The van der Waals surface area contributed by atoms with E-state index in [9.17, 15) is 13.6 Å². The first-order valence-corrected chi connectivity index (χ1v) is 9.28. The fourth-order valence-electron chi connectivity index (χ4n) is 3.52. The highest BCUT2D eigenvalue weighted by atomic mass is 19.2. The lowest BCUT2D eigenvalue weighted by Crippen LogP contribution is -2.39. The zero-order valence-corrected chi connectivity index (χ0v) is 15.8. The third-order valence-corrected chi connectivity index (χ3v) is 5.02. The van der Waals surface area contributed by atoms with E-state index in [4.69, 9.17) is 9.26 Å². The first kappa shape index (κ1) is 19.0. The van der Waals surface area contributed by atoms with E-state index >= 15 is 0 Å². The summed E-state index contributed by atoms with van der Waals surface area (Å²) in [6.07, 6.45) is 1.55. The molecule has 29 heavy (non-hydrogen) atoms. The van der Waals surface area contributed by atoms with E-state index in [0.717, 1.165) is 25.0 Å². The van der Waals surface area contributed by atoms with Gasteiger partial charge < -0.3 is 14.2 Å². The maximum absolute atomic E-state index is 13.5. The molecule has 1 aromatic heterocycles. The van der Waals surface area contributed by atoms with E-state index in [0.29, 0.717) is 36.1 Å². The van der Waals surface area contributed by atoms with Gasteiger partial charge in [0.1, 0.15) is 5.75 Å². The number of carbonyl (C=O) groups excluding carboxylic acids is 1. The number of halogens is 2. The molecule has 150 valence electrons. The van der Waals surface area contributed by atoms with Gasteiger partial charge in [0.05, 0.1) is 12.7 Å².